The van der Waals surface area contributed by atoms with Gasteiger partial charge in [0.15, 0.2) is 0 Å². The SMILES string of the molecule is COCCn1ncc(Br)c1C(O)CC1CCCC1. The number of aliphatic hydroxyl groups excluding tert-OH is 1. The van der Waals surface area contributed by atoms with E-state index in [0.717, 1.165) is 16.6 Å². The number of ether oxygens (including phenoxy) is 1. The summed E-state index contributed by atoms with van der Waals surface area (Å²) < 4.78 is 7.80. The Morgan fingerprint density at radius 3 is 2.94 bits per heavy atom. The Morgan fingerprint density at radius 2 is 2.28 bits per heavy atom. The standard InChI is InChI=1S/C13H21BrN2O2/c1-18-7-6-16-13(11(14)9-15-16)12(17)8-10-4-2-3-5-10/h9-10,12,17H,2-8H2,1H3. The Morgan fingerprint density at radius 1 is 1.56 bits per heavy atom. The third-order valence-electron chi connectivity index (χ3n) is 3.69. The zero-order valence-corrected chi connectivity index (χ0v) is 12.4. The normalized spacial score (nSPS) is 18.4. The van der Waals surface area contributed by atoms with Gasteiger partial charge in [0, 0.05) is 7.11 Å². The highest BCUT2D eigenvalue weighted by Crippen LogP contribution is 2.34. The van der Waals surface area contributed by atoms with Crippen LogP contribution in [-0.2, 0) is 11.3 Å². The summed E-state index contributed by atoms with van der Waals surface area (Å²) in [5, 5.41) is 14.7. The van der Waals surface area contributed by atoms with Crippen LogP contribution in [0, 0.1) is 5.92 Å². The predicted octanol–water partition coefficient (Wildman–Crippen LogP) is 2.91. The molecule has 0 bridgehead atoms. The van der Waals surface area contributed by atoms with E-state index in [-0.39, 0.29) is 0 Å². The molecule has 1 N–H and O–H groups in total. The molecule has 1 saturated carbocycles. The number of hydrogen-bond acceptors (Lipinski definition) is 3. The van der Waals surface area contributed by atoms with E-state index in [4.69, 9.17) is 4.74 Å². The maximum atomic E-state index is 10.4. The van der Waals surface area contributed by atoms with Crippen molar-refractivity contribution in [2.75, 3.05) is 13.7 Å². The van der Waals surface area contributed by atoms with Gasteiger partial charge in [0.2, 0.25) is 0 Å². The summed E-state index contributed by atoms with van der Waals surface area (Å²) in [6.45, 7) is 1.29. The van der Waals surface area contributed by atoms with Gasteiger partial charge in [-0.25, -0.2) is 0 Å². The van der Waals surface area contributed by atoms with Crippen LogP contribution >= 0.6 is 15.9 Å². The number of methoxy groups -OCH3 is 1. The van der Waals surface area contributed by atoms with E-state index in [9.17, 15) is 5.11 Å². The summed E-state index contributed by atoms with van der Waals surface area (Å²) in [6, 6.07) is 0. The van der Waals surface area contributed by atoms with Gasteiger partial charge in [-0.1, -0.05) is 25.7 Å². The van der Waals surface area contributed by atoms with Gasteiger partial charge in [-0.15, -0.1) is 0 Å². The van der Waals surface area contributed by atoms with Crippen LogP contribution in [0.2, 0.25) is 0 Å². The number of aliphatic hydroxyl groups is 1. The fraction of sp³-hybridized carbons (Fsp3) is 0.769. The minimum Gasteiger partial charge on any atom is -0.387 e. The summed E-state index contributed by atoms with van der Waals surface area (Å²) in [7, 11) is 1.67. The van der Waals surface area contributed by atoms with Crippen molar-refractivity contribution in [2.45, 2.75) is 44.8 Å². The van der Waals surface area contributed by atoms with Crippen LogP contribution in [0.4, 0.5) is 0 Å². The Kier molecular flexibility index (Phi) is 5.21. The largest absolute Gasteiger partial charge is 0.387 e. The summed E-state index contributed by atoms with van der Waals surface area (Å²) in [5.74, 6) is 0.665. The number of hydrogen-bond donors (Lipinski definition) is 1. The Bertz CT molecular complexity index is 375. The van der Waals surface area contributed by atoms with Gasteiger partial charge in [-0.05, 0) is 28.3 Å². The molecule has 2 rings (SSSR count). The molecule has 1 heterocycles. The molecule has 0 saturated heterocycles. The van der Waals surface area contributed by atoms with Crippen molar-refractivity contribution < 1.29 is 9.84 Å². The molecule has 0 amide bonds. The lowest BCUT2D eigenvalue weighted by Crippen LogP contribution is -2.14. The van der Waals surface area contributed by atoms with Crippen molar-refractivity contribution >= 4 is 15.9 Å². The van der Waals surface area contributed by atoms with Crippen LogP contribution in [0.1, 0.15) is 43.9 Å². The molecule has 102 valence electrons. The third-order valence-corrected chi connectivity index (χ3v) is 4.30. The Balaban J connectivity index is 2.02. The molecule has 1 aliphatic rings. The van der Waals surface area contributed by atoms with Crippen molar-refractivity contribution in [3.05, 3.63) is 16.4 Å². The highest BCUT2D eigenvalue weighted by Gasteiger charge is 2.23. The molecule has 1 atom stereocenters. The number of halogens is 1. The molecule has 5 heteroatoms. The van der Waals surface area contributed by atoms with E-state index < -0.39 is 6.10 Å². The van der Waals surface area contributed by atoms with E-state index in [0.29, 0.717) is 19.1 Å². The van der Waals surface area contributed by atoms with Crippen molar-refractivity contribution in [1.82, 2.24) is 9.78 Å². The van der Waals surface area contributed by atoms with Gasteiger partial charge >= 0.3 is 0 Å². The molecule has 1 aliphatic carbocycles. The Labute approximate surface area is 116 Å². The minimum atomic E-state index is -0.429. The van der Waals surface area contributed by atoms with Crippen molar-refractivity contribution in [3.8, 4) is 0 Å². The third kappa shape index (κ3) is 3.33. The highest BCUT2D eigenvalue weighted by molar-refractivity contribution is 9.10. The van der Waals surface area contributed by atoms with Crippen LogP contribution in [-0.4, -0.2) is 28.6 Å². The van der Waals surface area contributed by atoms with Crippen LogP contribution in [0.5, 0.6) is 0 Å². The minimum absolute atomic E-state index is 0.429. The summed E-state index contributed by atoms with van der Waals surface area (Å²) in [6.07, 6.45) is 7.28. The lowest BCUT2D eigenvalue weighted by atomic mass is 9.98. The predicted molar refractivity (Wildman–Crippen MR) is 73.3 cm³/mol. The lowest BCUT2D eigenvalue weighted by molar-refractivity contribution is 0.128. The van der Waals surface area contributed by atoms with Gasteiger partial charge in [-0.3, -0.25) is 4.68 Å². The average Bonchev–Trinajstić information content (AvgIpc) is 2.96. The summed E-state index contributed by atoms with van der Waals surface area (Å²) in [5.41, 5.74) is 0.888. The number of aromatic nitrogens is 2. The van der Waals surface area contributed by atoms with Crippen molar-refractivity contribution in [3.63, 3.8) is 0 Å². The van der Waals surface area contributed by atoms with Crippen LogP contribution in [0.25, 0.3) is 0 Å². The fourth-order valence-corrected chi connectivity index (χ4v) is 3.29. The van der Waals surface area contributed by atoms with Gasteiger partial charge < -0.3 is 9.84 Å². The molecule has 1 unspecified atom stereocenters. The smallest absolute Gasteiger partial charge is 0.0970 e. The lowest BCUT2D eigenvalue weighted by Gasteiger charge is -2.17. The van der Waals surface area contributed by atoms with E-state index in [1.165, 1.54) is 25.7 Å². The second-order valence-electron chi connectivity index (χ2n) is 5.00. The van der Waals surface area contributed by atoms with Crippen LogP contribution < -0.4 is 0 Å². The molecular weight excluding hydrogens is 296 g/mol. The van der Waals surface area contributed by atoms with Crippen LogP contribution in [0.15, 0.2) is 10.7 Å². The van der Waals surface area contributed by atoms with E-state index in [1.54, 1.807) is 13.3 Å². The molecule has 1 aromatic heterocycles. The zero-order valence-electron chi connectivity index (χ0n) is 10.8. The molecule has 18 heavy (non-hydrogen) atoms. The van der Waals surface area contributed by atoms with E-state index in [2.05, 4.69) is 21.0 Å². The average molecular weight is 317 g/mol. The molecule has 0 aliphatic heterocycles. The molecular formula is C13H21BrN2O2. The fourth-order valence-electron chi connectivity index (χ4n) is 2.73. The number of nitrogens with zero attached hydrogens (tertiary/aromatic N) is 2. The van der Waals surface area contributed by atoms with Crippen molar-refractivity contribution in [1.29, 1.82) is 0 Å². The van der Waals surface area contributed by atoms with Gasteiger partial charge in [0.05, 0.1) is 35.6 Å². The van der Waals surface area contributed by atoms with Gasteiger partial charge in [0.25, 0.3) is 0 Å². The molecule has 0 aromatic carbocycles. The Hall–Kier alpha value is -0.390. The summed E-state index contributed by atoms with van der Waals surface area (Å²) in [4.78, 5) is 0. The van der Waals surface area contributed by atoms with E-state index >= 15 is 0 Å². The first-order valence-corrected chi connectivity index (χ1v) is 7.40. The van der Waals surface area contributed by atoms with Crippen molar-refractivity contribution in [2.24, 2.45) is 5.92 Å². The zero-order chi connectivity index (χ0) is 13.0. The first-order valence-electron chi connectivity index (χ1n) is 6.60. The maximum Gasteiger partial charge on any atom is 0.0970 e. The van der Waals surface area contributed by atoms with Crippen LogP contribution in [0.3, 0.4) is 0 Å². The molecule has 1 fully saturated rings. The molecule has 4 nitrogen and oxygen atoms in total. The maximum absolute atomic E-state index is 10.4. The van der Waals surface area contributed by atoms with Gasteiger partial charge in [0.1, 0.15) is 0 Å². The topological polar surface area (TPSA) is 47.3 Å². The first-order chi connectivity index (χ1) is 8.72. The quantitative estimate of drug-likeness (QED) is 0.877. The second-order valence-corrected chi connectivity index (χ2v) is 5.85. The van der Waals surface area contributed by atoms with E-state index in [1.807, 2.05) is 4.68 Å². The first kappa shape index (κ1) is 14.0. The van der Waals surface area contributed by atoms with Gasteiger partial charge in [-0.2, -0.15) is 5.10 Å². The number of rotatable bonds is 6. The summed E-state index contributed by atoms with van der Waals surface area (Å²) >= 11 is 3.47. The molecule has 0 spiro atoms. The molecule has 1 aromatic rings. The monoisotopic (exact) mass is 316 g/mol. The highest BCUT2D eigenvalue weighted by atomic mass is 79.9. The second kappa shape index (κ2) is 6.68. The molecule has 0 radical (unpaired) electrons.